The first-order chi connectivity index (χ1) is 13.0. The van der Waals surface area contributed by atoms with E-state index in [0.717, 1.165) is 38.0 Å². The van der Waals surface area contributed by atoms with Gasteiger partial charge >= 0.3 is 6.18 Å². The summed E-state index contributed by atoms with van der Waals surface area (Å²) in [6.07, 6.45) is 0.397. The number of para-hydroxylation sites is 1. The van der Waals surface area contributed by atoms with Crippen LogP contribution in [0.25, 0.3) is 0 Å². The van der Waals surface area contributed by atoms with Crippen LogP contribution < -0.4 is 15.4 Å². The van der Waals surface area contributed by atoms with E-state index in [1.807, 2.05) is 0 Å². The number of aliphatic imine (C=N–C) groups is 1. The lowest BCUT2D eigenvalue weighted by molar-refractivity contribution is -0.138. The molecule has 0 unspecified atom stereocenters. The Morgan fingerprint density at radius 1 is 1.19 bits per heavy atom. The lowest BCUT2D eigenvalue weighted by atomic mass is 10.1. The molecule has 2 aliphatic rings. The Hall–Kier alpha value is -1.96. The number of guanidine groups is 1. The Bertz CT molecular complexity index is 638. The molecule has 3 rings (SSSR count). The third-order valence-corrected chi connectivity index (χ3v) is 5.00. The highest BCUT2D eigenvalue weighted by molar-refractivity contribution is 5.79. The number of ether oxygens (including phenoxy) is 1. The molecule has 27 heavy (non-hydrogen) atoms. The van der Waals surface area contributed by atoms with Gasteiger partial charge in [-0.05, 0) is 37.8 Å². The Labute approximate surface area is 158 Å². The maximum absolute atomic E-state index is 13.0. The number of hydrogen-bond donors (Lipinski definition) is 2. The van der Waals surface area contributed by atoms with Gasteiger partial charge in [0.2, 0.25) is 0 Å². The van der Waals surface area contributed by atoms with E-state index in [4.69, 9.17) is 4.74 Å². The molecule has 2 fully saturated rings. The lowest BCUT2D eigenvalue weighted by Crippen LogP contribution is -2.49. The fraction of sp³-hybridized carbons (Fsp3) is 0.632. The van der Waals surface area contributed by atoms with Crippen LogP contribution in [0.15, 0.2) is 29.3 Å². The number of halogens is 3. The van der Waals surface area contributed by atoms with Gasteiger partial charge in [-0.15, -0.1) is 0 Å². The molecular weight excluding hydrogens is 357 g/mol. The van der Waals surface area contributed by atoms with Gasteiger partial charge in [0, 0.05) is 32.2 Å². The average Bonchev–Trinajstić information content (AvgIpc) is 3.49. The molecular formula is C19H27F3N4O. The first-order valence-electron chi connectivity index (χ1n) is 9.47. The molecule has 0 bridgehead atoms. The van der Waals surface area contributed by atoms with Gasteiger partial charge in [-0.25, -0.2) is 0 Å². The van der Waals surface area contributed by atoms with Crippen molar-refractivity contribution in [2.24, 2.45) is 4.99 Å². The van der Waals surface area contributed by atoms with Gasteiger partial charge < -0.3 is 20.3 Å². The van der Waals surface area contributed by atoms with Crippen molar-refractivity contribution in [1.82, 2.24) is 15.5 Å². The van der Waals surface area contributed by atoms with Gasteiger partial charge in [-0.2, -0.15) is 13.2 Å². The highest BCUT2D eigenvalue weighted by Gasteiger charge is 2.34. The summed E-state index contributed by atoms with van der Waals surface area (Å²) in [4.78, 5) is 6.75. The van der Waals surface area contributed by atoms with Crippen molar-refractivity contribution >= 4 is 5.96 Å². The van der Waals surface area contributed by atoms with Gasteiger partial charge in [0.25, 0.3) is 0 Å². The molecule has 1 aliphatic carbocycles. The maximum atomic E-state index is 13.0. The Morgan fingerprint density at radius 2 is 1.89 bits per heavy atom. The number of alkyl halides is 3. The van der Waals surface area contributed by atoms with E-state index in [1.165, 1.54) is 31.0 Å². The molecule has 0 radical (unpaired) electrons. The smallest absolute Gasteiger partial charge is 0.419 e. The van der Waals surface area contributed by atoms with E-state index in [-0.39, 0.29) is 12.4 Å². The zero-order chi connectivity index (χ0) is 19.3. The monoisotopic (exact) mass is 384 g/mol. The second kappa shape index (κ2) is 8.82. The molecule has 8 heteroatoms. The van der Waals surface area contributed by atoms with Crippen LogP contribution in [0.3, 0.4) is 0 Å². The van der Waals surface area contributed by atoms with Crippen molar-refractivity contribution in [2.45, 2.75) is 43.9 Å². The molecule has 1 heterocycles. The topological polar surface area (TPSA) is 48.9 Å². The van der Waals surface area contributed by atoms with E-state index >= 15 is 0 Å². The summed E-state index contributed by atoms with van der Waals surface area (Å²) in [5, 5.41) is 6.51. The van der Waals surface area contributed by atoms with Crippen LogP contribution >= 0.6 is 0 Å². The van der Waals surface area contributed by atoms with Gasteiger partial charge in [-0.3, -0.25) is 4.99 Å². The molecule has 2 N–H and O–H groups in total. The zero-order valence-corrected chi connectivity index (χ0v) is 15.6. The second-order valence-electron chi connectivity index (χ2n) is 7.03. The summed E-state index contributed by atoms with van der Waals surface area (Å²) in [5.74, 6) is 0.509. The van der Waals surface area contributed by atoms with Crippen LogP contribution in [0, 0.1) is 0 Å². The van der Waals surface area contributed by atoms with E-state index < -0.39 is 11.7 Å². The van der Waals surface area contributed by atoms with Crippen molar-refractivity contribution in [3.05, 3.63) is 29.8 Å². The maximum Gasteiger partial charge on any atom is 0.419 e. The van der Waals surface area contributed by atoms with Crippen molar-refractivity contribution in [2.75, 3.05) is 33.3 Å². The van der Waals surface area contributed by atoms with Crippen molar-refractivity contribution < 1.29 is 17.9 Å². The highest BCUT2D eigenvalue weighted by atomic mass is 19.4. The van der Waals surface area contributed by atoms with Crippen LogP contribution in [0.2, 0.25) is 0 Å². The molecule has 1 aromatic rings. The number of nitrogens with zero attached hydrogens (tertiary/aromatic N) is 2. The Balaban J connectivity index is 1.39. The molecule has 1 aromatic carbocycles. The zero-order valence-electron chi connectivity index (χ0n) is 15.6. The summed E-state index contributed by atoms with van der Waals surface area (Å²) in [6, 6.07) is 6.43. The molecule has 0 atom stereocenters. The molecule has 1 saturated carbocycles. The predicted octanol–water partition coefficient (Wildman–Crippen LogP) is 2.88. The minimum atomic E-state index is -4.42. The van der Waals surface area contributed by atoms with Crippen LogP contribution in [0.1, 0.15) is 31.2 Å². The first-order valence-corrected chi connectivity index (χ1v) is 9.47. The summed E-state index contributed by atoms with van der Waals surface area (Å²) in [5.41, 5.74) is -0.755. The van der Waals surface area contributed by atoms with Crippen LogP contribution in [-0.4, -0.2) is 56.2 Å². The normalized spacial score (nSPS) is 19.8. The highest BCUT2D eigenvalue weighted by Crippen LogP contribution is 2.35. The first kappa shape index (κ1) is 19.8. The fourth-order valence-electron chi connectivity index (χ4n) is 3.39. The second-order valence-corrected chi connectivity index (χ2v) is 7.03. The minimum absolute atomic E-state index is 0.119. The van der Waals surface area contributed by atoms with E-state index in [1.54, 1.807) is 7.05 Å². The summed E-state index contributed by atoms with van der Waals surface area (Å²) < 4.78 is 44.2. The van der Waals surface area contributed by atoms with Crippen molar-refractivity contribution in [1.29, 1.82) is 0 Å². The summed E-state index contributed by atoms with van der Waals surface area (Å²) >= 11 is 0. The fourth-order valence-corrected chi connectivity index (χ4v) is 3.39. The minimum Gasteiger partial charge on any atom is -0.491 e. The standard InChI is InChI=1S/C19H27F3N4O/c1-23-18(25-14-8-11-26(12-9-14)15-6-7-15)24-10-13-27-17-5-3-2-4-16(17)19(20,21)22/h2-5,14-15H,6-13H2,1H3,(H2,23,24,25). The summed E-state index contributed by atoms with van der Waals surface area (Å²) in [6.45, 7) is 2.70. The summed E-state index contributed by atoms with van der Waals surface area (Å²) in [7, 11) is 1.69. The van der Waals surface area contributed by atoms with Crippen LogP contribution in [-0.2, 0) is 6.18 Å². The van der Waals surface area contributed by atoms with Crippen molar-refractivity contribution in [3.63, 3.8) is 0 Å². The molecule has 0 aromatic heterocycles. The molecule has 0 spiro atoms. The lowest BCUT2D eigenvalue weighted by Gasteiger charge is -2.33. The molecule has 5 nitrogen and oxygen atoms in total. The van der Waals surface area contributed by atoms with Gasteiger partial charge in [0.05, 0.1) is 12.1 Å². The van der Waals surface area contributed by atoms with E-state index in [9.17, 15) is 13.2 Å². The number of piperidine rings is 1. The van der Waals surface area contributed by atoms with E-state index in [0.29, 0.717) is 18.5 Å². The quantitative estimate of drug-likeness (QED) is 0.450. The average molecular weight is 384 g/mol. The third kappa shape index (κ3) is 5.76. The molecule has 1 saturated heterocycles. The van der Waals surface area contributed by atoms with Crippen LogP contribution in [0.5, 0.6) is 5.75 Å². The molecule has 150 valence electrons. The predicted molar refractivity (Wildman–Crippen MR) is 99.1 cm³/mol. The Morgan fingerprint density at radius 3 is 2.52 bits per heavy atom. The number of hydrogen-bond acceptors (Lipinski definition) is 3. The number of rotatable bonds is 6. The molecule has 0 amide bonds. The Kier molecular flexibility index (Phi) is 6.46. The number of likely N-dealkylation sites (tertiary alicyclic amines) is 1. The third-order valence-electron chi connectivity index (χ3n) is 5.00. The van der Waals surface area contributed by atoms with Gasteiger partial charge in [0.15, 0.2) is 5.96 Å². The number of benzene rings is 1. The largest absolute Gasteiger partial charge is 0.491 e. The van der Waals surface area contributed by atoms with Crippen molar-refractivity contribution in [3.8, 4) is 5.75 Å². The number of nitrogens with one attached hydrogen (secondary N) is 2. The van der Waals surface area contributed by atoms with Crippen LogP contribution in [0.4, 0.5) is 13.2 Å². The molecule has 1 aliphatic heterocycles. The van der Waals surface area contributed by atoms with E-state index in [2.05, 4.69) is 20.5 Å². The van der Waals surface area contributed by atoms with Gasteiger partial charge in [-0.1, -0.05) is 12.1 Å². The van der Waals surface area contributed by atoms with Gasteiger partial charge in [0.1, 0.15) is 12.4 Å². The SMILES string of the molecule is CN=C(NCCOc1ccccc1C(F)(F)F)NC1CCN(C2CC2)CC1.